The minimum Gasteiger partial charge on any atom is -0.505 e. The van der Waals surface area contributed by atoms with Gasteiger partial charge in [-0.1, -0.05) is 0 Å². The Labute approximate surface area is 178 Å². The molecular formula is C15H13N5O10S2. The number of H-pyrrole nitrogens is 1. The fraction of sp³-hybridized carbons (Fsp3) is 0.133. The number of benzene rings is 2. The van der Waals surface area contributed by atoms with Crippen molar-refractivity contribution in [3.8, 4) is 11.5 Å². The average molecular weight is 487 g/mol. The first-order valence-electron chi connectivity index (χ1n) is 8.31. The number of hydrogen-bond acceptors (Lipinski definition) is 11. The number of aromatic amines is 1. The molecule has 17 heteroatoms. The number of phenolic OH excluding ortho intramolecular Hbond substituents is 1. The predicted molar refractivity (Wildman–Crippen MR) is 104 cm³/mol. The maximum atomic E-state index is 11.9. The van der Waals surface area contributed by atoms with Gasteiger partial charge in [0.1, 0.15) is 16.3 Å². The minimum absolute atomic E-state index is 0.00444. The Kier molecular flexibility index (Phi) is 5.83. The largest absolute Gasteiger partial charge is 0.505 e. The Hall–Kier alpha value is -3.67. The summed E-state index contributed by atoms with van der Waals surface area (Å²) in [6.45, 7) is 1.54. The standard InChI is InChI=1S/C15H13N5O10S2/c1-2-30-8-5-7(31(24,25)26)3-6-4-9(32(27,28)29)11(12(21)10(6)8)17-19-15-16-13(14(22)23)18-20-15/h3-5,21H,2H2,1H3,(H,22,23)(H,16,18,20)(H,24,25,26)(H,27,28,29)/b19-17+. The number of fused-ring (bicyclic) bond motifs is 1. The molecule has 0 unspecified atom stereocenters. The maximum Gasteiger partial charge on any atom is 0.373 e. The number of carbonyl (C=O) groups is 1. The van der Waals surface area contributed by atoms with Crippen LogP contribution in [0.3, 0.4) is 0 Å². The van der Waals surface area contributed by atoms with Crippen LogP contribution in [0.5, 0.6) is 11.5 Å². The van der Waals surface area contributed by atoms with E-state index in [0.717, 1.165) is 18.2 Å². The fourth-order valence-electron chi connectivity index (χ4n) is 2.62. The Morgan fingerprint density at radius 3 is 2.34 bits per heavy atom. The molecule has 5 N–H and O–H groups in total. The zero-order valence-corrected chi connectivity index (χ0v) is 17.4. The van der Waals surface area contributed by atoms with Crippen LogP contribution in [0.15, 0.2) is 38.2 Å². The van der Waals surface area contributed by atoms with Gasteiger partial charge in [-0.15, -0.1) is 15.3 Å². The number of rotatable bonds is 7. The lowest BCUT2D eigenvalue weighted by Crippen LogP contribution is -2.03. The molecule has 0 bridgehead atoms. The number of nitrogens with zero attached hydrogens (tertiary/aromatic N) is 4. The molecule has 1 aromatic heterocycles. The van der Waals surface area contributed by atoms with E-state index in [1.807, 2.05) is 5.10 Å². The second-order valence-electron chi connectivity index (χ2n) is 5.96. The van der Waals surface area contributed by atoms with Gasteiger partial charge in [0.2, 0.25) is 5.82 Å². The van der Waals surface area contributed by atoms with Gasteiger partial charge in [-0.2, -0.15) is 21.8 Å². The lowest BCUT2D eigenvalue weighted by atomic mass is 10.1. The smallest absolute Gasteiger partial charge is 0.373 e. The summed E-state index contributed by atoms with van der Waals surface area (Å²) in [5.41, 5.74) is -0.790. The van der Waals surface area contributed by atoms with Crippen LogP contribution in [-0.4, -0.2) is 63.9 Å². The van der Waals surface area contributed by atoms with Gasteiger partial charge in [-0.3, -0.25) is 14.2 Å². The average Bonchev–Trinajstić information content (AvgIpc) is 3.15. The van der Waals surface area contributed by atoms with Gasteiger partial charge in [-0.25, -0.2) is 4.79 Å². The van der Waals surface area contributed by atoms with Gasteiger partial charge in [0.25, 0.3) is 26.2 Å². The van der Waals surface area contributed by atoms with Crippen molar-refractivity contribution in [1.82, 2.24) is 15.2 Å². The number of ether oxygens (including phenoxy) is 1. The van der Waals surface area contributed by atoms with Crippen LogP contribution in [0.2, 0.25) is 0 Å². The monoisotopic (exact) mass is 487 g/mol. The highest BCUT2D eigenvalue weighted by atomic mass is 32.2. The minimum atomic E-state index is -5.04. The number of aromatic hydroxyl groups is 1. The van der Waals surface area contributed by atoms with Crippen LogP contribution in [0.4, 0.5) is 11.6 Å². The summed E-state index contributed by atoms with van der Waals surface area (Å²) >= 11 is 0. The second-order valence-corrected chi connectivity index (χ2v) is 8.78. The van der Waals surface area contributed by atoms with E-state index in [1.165, 1.54) is 0 Å². The summed E-state index contributed by atoms with van der Waals surface area (Å²) in [6, 6.07) is 2.51. The van der Waals surface area contributed by atoms with E-state index >= 15 is 0 Å². The summed E-state index contributed by atoms with van der Waals surface area (Å²) in [6.07, 6.45) is 0. The Morgan fingerprint density at radius 2 is 1.81 bits per heavy atom. The number of carboxylic acid groups (broad SMARTS) is 1. The van der Waals surface area contributed by atoms with Crippen molar-refractivity contribution in [3.05, 3.63) is 24.0 Å². The van der Waals surface area contributed by atoms with Crippen molar-refractivity contribution >= 4 is 48.6 Å². The predicted octanol–water partition coefficient (Wildman–Crippen LogP) is 1.67. The first kappa shape index (κ1) is 23.0. The zero-order valence-electron chi connectivity index (χ0n) is 15.8. The van der Waals surface area contributed by atoms with E-state index in [2.05, 4.69) is 20.3 Å². The van der Waals surface area contributed by atoms with E-state index in [1.54, 1.807) is 6.92 Å². The number of carboxylic acids is 1. The van der Waals surface area contributed by atoms with Gasteiger partial charge >= 0.3 is 5.97 Å². The van der Waals surface area contributed by atoms with Crippen molar-refractivity contribution in [2.75, 3.05) is 6.61 Å². The van der Waals surface area contributed by atoms with Crippen LogP contribution in [-0.2, 0) is 20.2 Å². The van der Waals surface area contributed by atoms with Crippen LogP contribution in [0, 0.1) is 0 Å². The van der Waals surface area contributed by atoms with E-state index in [9.17, 15) is 35.8 Å². The molecule has 0 saturated heterocycles. The van der Waals surface area contributed by atoms with Crippen LogP contribution < -0.4 is 4.74 Å². The second kappa shape index (κ2) is 8.11. The van der Waals surface area contributed by atoms with E-state index in [4.69, 9.17) is 9.84 Å². The van der Waals surface area contributed by atoms with Crippen molar-refractivity contribution in [3.63, 3.8) is 0 Å². The number of hydrogen-bond donors (Lipinski definition) is 5. The summed E-state index contributed by atoms with van der Waals surface area (Å²) in [4.78, 5) is 12.7. The lowest BCUT2D eigenvalue weighted by molar-refractivity contribution is 0.0684. The molecule has 15 nitrogen and oxygen atoms in total. The first-order valence-corrected chi connectivity index (χ1v) is 11.2. The Balaban J connectivity index is 2.33. The number of aromatic carboxylic acids is 1. The highest BCUT2D eigenvalue weighted by Gasteiger charge is 2.26. The maximum absolute atomic E-state index is 11.9. The molecule has 0 saturated carbocycles. The highest BCUT2D eigenvalue weighted by Crippen LogP contribution is 2.45. The zero-order chi connectivity index (χ0) is 23.8. The van der Waals surface area contributed by atoms with Crippen molar-refractivity contribution < 1.29 is 45.7 Å². The van der Waals surface area contributed by atoms with Gasteiger partial charge < -0.3 is 14.9 Å². The third-order valence-corrected chi connectivity index (χ3v) is 5.58. The molecule has 0 spiro atoms. The highest BCUT2D eigenvalue weighted by molar-refractivity contribution is 7.86. The van der Waals surface area contributed by atoms with Crippen molar-refractivity contribution in [2.24, 2.45) is 10.2 Å². The Bertz CT molecular complexity index is 1480. The molecule has 32 heavy (non-hydrogen) atoms. The summed E-state index contributed by atoms with van der Waals surface area (Å²) in [5, 5.41) is 31.5. The van der Waals surface area contributed by atoms with Crippen LogP contribution in [0.1, 0.15) is 17.5 Å². The van der Waals surface area contributed by atoms with E-state index in [-0.39, 0.29) is 23.1 Å². The SMILES string of the molecule is CCOc1cc(S(=O)(=O)O)cc2cc(S(=O)(=O)O)c(/N=N/c3n[nH]c(C(=O)O)n3)c(O)c12. The lowest BCUT2D eigenvalue weighted by Gasteiger charge is -2.14. The summed E-state index contributed by atoms with van der Waals surface area (Å²) in [7, 11) is -9.78. The van der Waals surface area contributed by atoms with Gasteiger partial charge in [0.15, 0.2) is 5.75 Å². The normalized spacial score (nSPS) is 12.5. The number of phenols is 1. The van der Waals surface area contributed by atoms with Gasteiger partial charge in [0.05, 0.1) is 16.9 Å². The number of aromatic nitrogens is 3. The van der Waals surface area contributed by atoms with E-state index < -0.39 is 59.2 Å². The molecule has 3 rings (SSSR count). The topological polar surface area (TPSA) is 242 Å². The van der Waals surface area contributed by atoms with E-state index in [0.29, 0.717) is 0 Å². The third-order valence-electron chi connectivity index (χ3n) is 3.88. The van der Waals surface area contributed by atoms with Gasteiger partial charge in [0, 0.05) is 6.07 Å². The molecule has 2 aromatic carbocycles. The molecular weight excluding hydrogens is 474 g/mol. The fourth-order valence-corrected chi connectivity index (χ4v) is 3.81. The van der Waals surface area contributed by atoms with Crippen molar-refractivity contribution in [2.45, 2.75) is 16.7 Å². The molecule has 0 atom stereocenters. The molecule has 1 heterocycles. The molecule has 0 radical (unpaired) electrons. The molecule has 3 aromatic rings. The van der Waals surface area contributed by atoms with Gasteiger partial charge in [-0.05, 0) is 24.4 Å². The molecule has 0 aliphatic heterocycles. The van der Waals surface area contributed by atoms with Crippen LogP contribution in [0.25, 0.3) is 10.8 Å². The molecule has 0 aliphatic carbocycles. The van der Waals surface area contributed by atoms with Crippen molar-refractivity contribution in [1.29, 1.82) is 0 Å². The first-order chi connectivity index (χ1) is 14.8. The summed E-state index contributed by atoms with van der Waals surface area (Å²) < 4.78 is 71.1. The Morgan fingerprint density at radius 1 is 1.12 bits per heavy atom. The van der Waals surface area contributed by atoms with Crippen LogP contribution >= 0.6 is 0 Å². The quantitative estimate of drug-likeness (QED) is 0.236. The third kappa shape index (κ3) is 4.49. The molecule has 170 valence electrons. The molecule has 0 amide bonds. The number of nitrogens with one attached hydrogen (secondary N) is 1. The summed E-state index contributed by atoms with van der Waals surface area (Å²) in [5.74, 6) is -3.71. The molecule has 0 aliphatic rings. The molecule has 0 fully saturated rings. The number of azo groups is 1.